The summed E-state index contributed by atoms with van der Waals surface area (Å²) in [6.45, 7) is 1.15. The Kier molecular flexibility index (Phi) is 12.6. The highest BCUT2D eigenvalue weighted by atomic mass is 35.5. The molecule has 0 spiro atoms. The summed E-state index contributed by atoms with van der Waals surface area (Å²) in [4.78, 5) is 40.2. The van der Waals surface area contributed by atoms with Crippen molar-refractivity contribution in [1.29, 1.82) is 0 Å². The number of carbonyl (C=O) groups is 3. The molecule has 2 amide bonds. The molecule has 0 unspecified atom stereocenters. The first-order valence-electron chi connectivity index (χ1n) is 11.6. The number of nitrogens with two attached hydrogens (primary N) is 3. The molecule has 0 saturated carbocycles. The van der Waals surface area contributed by atoms with Crippen LogP contribution in [0.2, 0.25) is 15.1 Å². The van der Waals surface area contributed by atoms with Crippen LogP contribution in [0.15, 0.2) is 42.5 Å². The van der Waals surface area contributed by atoms with E-state index in [0.29, 0.717) is 36.5 Å². The zero-order valence-corrected chi connectivity index (χ0v) is 22.2. The lowest BCUT2D eigenvalue weighted by Crippen LogP contribution is -2.51. The van der Waals surface area contributed by atoms with Crippen molar-refractivity contribution in [2.75, 3.05) is 26.2 Å². The van der Waals surface area contributed by atoms with Gasteiger partial charge in [0.15, 0.2) is 5.78 Å². The van der Waals surface area contributed by atoms with E-state index < -0.39 is 18.0 Å². The van der Waals surface area contributed by atoms with Crippen LogP contribution in [0.4, 0.5) is 0 Å². The van der Waals surface area contributed by atoms with E-state index in [9.17, 15) is 14.4 Å². The Labute approximate surface area is 226 Å². The normalized spacial score (nSPS) is 12.6. The summed E-state index contributed by atoms with van der Waals surface area (Å²) in [7, 11) is 0. The standard InChI is InChI=1S/C25H32Cl3N5O3/c26-18-14-20(28)19(27)12-17(18)13-23(34)22(7-6-16-4-2-1-3-5-16)32-25(36)21(31)15-24(35)33(10-8-29)11-9-30/h1-5,12,14,21-22H,6-11,13,15,29-31H2,(H,32,36)/t21-,22-/m0/s1. The summed E-state index contributed by atoms with van der Waals surface area (Å²) in [5, 5.41) is 3.57. The number of ketones is 1. The molecule has 0 fully saturated rings. The lowest BCUT2D eigenvalue weighted by molar-refractivity contribution is -0.134. The monoisotopic (exact) mass is 555 g/mol. The molecule has 0 saturated heterocycles. The van der Waals surface area contributed by atoms with Gasteiger partial charge in [-0.1, -0.05) is 65.1 Å². The van der Waals surface area contributed by atoms with Gasteiger partial charge in [-0.3, -0.25) is 14.4 Å². The largest absolute Gasteiger partial charge is 0.345 e. The quantitative estimate of drug-likeness (QED) is 0.263. The lowest BCUT2D eigenvalue weighted by atomic mass is 9.97. The highest BCUT2D eigenvalue weighted by molar-refractivity contribution is 6.43. The first-order chi connectivity index (χ1) is 17.2. The fraction of sp³-hybridized carbons (Fsp3) is 0.400. The number of benzene rings is 2. The fourth-order valence-corrected chi connectivity index (χ4v) is 4.28. The van der Waals surface area contributed by atoms with E-state index in [1.165, 1.54) is 17.0 Å². The molecule has 0 radical (unpaired) electrons. The second-order valence-electron chi connectivity index (χ2n) is 8.36. The molecule has 7 N–H and O–H groups in total. The third kappa shape index (κ3) is 9.35. The van der Waals surface area contributed by atoms with Gasteiger partial charge in [0.05, 0.1) is 28.5 Å². The van der Waals surface area contributed by atoms with E-state index in [0.717, 1.165) is 5.56 Å². The number of amides is 2. The van der Waals surface area contributed by atoms with Crippen LogP contribution < -0.4 is 22.5 Å². The Balaban J connectivity index is 2.13. The molecule has 2 rings (SSSR count). The molecule has 2 aromatic carbocycles. The topological polar surface area (TPSA) is 145 Å². The number of hydrogen-bond donors (Lipinski definition) is 4. The SMILES string of the molecule is NCCN(CCN)C(=O)C[C@H](N)C(=O)N[C@@H](CCc1ccccc1)C(=O)Cc1cc(Cl)c(Cl)cc1Cl. The van der Waals surface area contributed by atoms with Gasteiger partial charge in [0, 0.05) is 37.6 Å². The van der Waals surface area contributed by atoms with E-state index in [4.69, 9.17) is 52.0 Å². The molecular formula is C25H32Cl3N5O3. The maximum atomic E-state index is 13.2. The number of nitrogens with one attached hydrogen (secondary N) is 1. The Bertz CT molecular complexity index is 1030. The number of Topliss-reactive ketones (excluding diaryl/α,β-unsaturated/α-hetero) is 1. The van der Waals surface area contributed by atoms with E-state index >= 15 is 0 Å². The first kappa shape index (κ1) is 30.0. The highest BCUT2D eigenvalue weighted by Gasteiger charge is 2.27. The van der Waals surface area contributed by atoms with Gasteiger partial charge in [0.2, 0.25) is 11.8 Å². The van der Waals surface area contributed by atoms with E-state index in [1.807, 2.05) is 30.3 Å². The van der Waals surface area contributed by atoms with Gasteiger partial charge in [-0.2, -0.15) is 0 Å². The lowest BCUT2D eigenvalue weighted by Gasteiger charge is -2.24. The molecule has 36 heavy (non-hydrogen) atoms. The molecule has 8 nitrogen and oxygen atoms in total. The van der Waals surface area contributed by atoms with E-state index in [1.54, 1.807) is 0 Å². The summed E-state index contributed by atoms with van der Waals surface area (Å²) in [6.07, 6.45) is 0.580. The summed E-state index contributed by atoms with van der Waals surface area (Å²) >= 11 is 18.3. The van der Waals surface area contributed by atoms with Crippen molar-refractivity contribution in [2.24, 2.45) is 17.2 Å². The number of aryl methyl sites for hydroxylation is 1. The van der Waals surface area contributed by atoms with E-state index in [2.05, 4.69) is 5.32 Å². The van der Waals surface area contributed by atoms with Crippen molar-refractivity contribution >= 4 is 52.4 Å². The van der Waals surface area contributed by atoms with Gasteiger partial charge in [-0.05, 0) is 36.1 Å². The molecule has 0 aliphatic rings. The smallest absolute Gasteiger partial charge is 0.238 e. The third-order valence-electron chi connectivity index (χ3n) is 5.61. The second-order valence-corrected chi connectivity index (χ2v) is 9.58. The van der Waals surface area contributed by atoms with Crippen molar-refractivity contribution in [3.63, 3.8) is 0 Å². The van der Waals surface area contributed by atoms with Crippen LogP contribution in [0.1, 0.15) is 24.0 Å². The molecular weight excluding hydrogens is 525 g/mol. The summed E-state index contributed by atoms with van der Waals surface area (Å²) in [5.41, 5.74) is 18.6. The minimum Gasteiger partial charge on any atom is -0.345 e. The maximum absolute atomic E-state index is 13.2. The number of hydrogen-bond acceptors (Lipinski definition) is 6. The molecule has 196 valence electrons. The molecule has 0 aliphatic heterocycles. The molecule has 0 bridgehead atoms. The van der Waals surface area contributed by atoms with Gasteiger partial charge >= 0.3 is 0 Å². The van der Waals surface area contributed by atoms with Gasteiger partial charge in [-0.15, -0.1) is 0 Å². The number of halogens is 3. The van der Waals surface area contributed by atoms with E-state index in [-0.39, 0.29) is 47.7 Å². The Morgan fingerprint density at radius 3 is 2.14 bits per heavy atom. The predicted molar refractivity (Wildman–Crippen MR) is 144 cm³/mol. The molecule has 0 heterocycles. The molecule has 0 aliphatic carbocycles. The first-order valence-corrected chi connectivity index (χ1v) is 12.7. The molecule has 2 aromatic rings. The number of rotatable bonds is 14. The fourth-order valence-electron chi connectivity index (χ4n) is 3.64. The molecule has 2 atom stereocenters. The molecule has 11 heteroatoms. The second kappa shape index (κ2) is 15.1. The van der Waals surface area contributed by atoms with Crippen LogP contribution in [0, 0.1) is 0 Å². The molecule has 0 aromatic heterocycles. The minimum atomic E-state index is -1.14. The number of nitrogens with zero attached hydrogens (tertiary/aromatic N) is 1. The van der Waals surface area contributed by atoms with Crippen molar-refractivity contribution in [3.05, 3.63) is 68.7 Å². The average Bonchev–Trinajstić information content (AvgIpc) is 2.85. The summed E-state index contributed by atoms with van der Waals surface area (Å²) in [6, 6.07) is 10.6. The average molecular weight is 557 g/mol. The zero-order valence-electron chi connectivity index (χ0n) is 19.9. The van der Waals surface area contributed by atoms with Crippen molar-refractivity contribution in [2.45, 2.75) is 37.8 Å². The van der Waals surface area contributed by atoms with Crippen LogP contribution in [0.3, 0.4) is 0 Å². The summed E-state index contributed by atoms with van der Waals surface area (Å²) < 4.78 is 0. The Hall–Kier alpha value is -2.20. The zero-order chi connectivity index (χ0) is 26.7. The Morgan fingerprint density at radius 1 is 0.917 bits per heavy atom. The minimum absolute atomic E-state index is 0.0651. The van der Waals surface area contributed by atoms with Crippen LogP contribution in [-0.2, 0) is 27.2 Å². The van der Waals surface area contributed by atoms with Crippen LogP contribution in [-0.4, -0.2) is 60.8 Å². The van der Waals surface area contributed by atoms with Gasteiger partial charge < -0.3 is 27.4 Å². The van der Waals surface area contributed by atoms with Crippen molar-refractivity contribution < 1.29 is 14.4 Å². The number of carbonyl (C=O) groups excluding carboxylic acids is 3. The van der Waals surface area contributed by atoms with Crippen LogP contribution in [0.5, 0.6) is 0 Å². The van der Waals surface area contributed by atoms with Crippen LogP contribution in [0.25, 0.3) is 0 Å². The van der Waals surface area contributed by atoms with Gasteiger partial charge in [0.25, 0.3) is 0 Å². The van der Waals surface area contributed by atoms with Crippen LogP contribution >= 0.6 is 34.8 Å². The summed E-state index contributed by atoms with van der Waals surface area (Å²) in [5.74, 6) is -1.20. The van der Waals surface area contributed by atoms with Gasteiger partial charge in [-0.25, -0.2) is 0 Å². The highest BCUT2D eigenvalue weighted by Crippen LogP contribution is 2.29. The Morgan fingerprint density at radius 2 is 1.53 bits per heavy atom. The van der Waals surface area contributed by atoms with Crippen molar-refractivity contribution in [1.82, 2.24) is 10.2 Å². The third-order valence-corrected chi connectivity index (χ3v) is 6.68. The predicted octanol–water partition coefficient (Wildman–Crippen LogP) is 2.34. The van der Waals surface area contributed by atoms with Crippen molar-refractivity contribution in [3.8, 4) is 0 Å². The van der Waals surface area contributed by atoms with Gasteiger partial charge in [0.1, 0.15) is 0 Å². The maximum Gasteiger partial charge on any atom is 0.238 e.